The summed E-state index contributed by atoms with van der Waals surface area (Å²) in [5.41, 5.74) is 10.6. The summed E-state index contributed by atoms with van der Waals surface area (Å²) in [5.74, 6) is 2.56. The molecule has 0 radical (unpaired) electrons. The van der Waals surface area contributed by atoms with E-state index in [1.54, 1.807) is 24.8 Å². The van der Waals surface area contributed by atoms with Crippen molar-refractivity contribution in [1.82, 2.24) is 44.9 Å². The highest BCUT2D eigenvalue weighted by Crippen LogP contribution is 2.34. The third-order valence-electron chi connectivity index (χ3n) is 8.98. The van der Waals surface area contributed by atoms with Crippen LogP contribution in [0.1, 0.15) is 0 Å². The molecule has 10 aromatic rings. The fourth-order valence-corrected chi connectivity index (χ4v) is 6.26. The van der Waals surface area contributed by atoms with Gasteiger partial charge >= 0.3 is 0 Å². The van der Waals surface area contributed by atoms with Gasteiger partial charge in [0, 0.05) is 63.7 Å². The Morgan fingerprint density at radius 2 is 0.685 bits per heavy atom. The quantitative estimate of drug-likeness (QED) is 0.157. The predicted octanol–water partition coefficient (Wildman–Crippen LogP) is 9.40. The Hall–Kier alpha value is -7.79. The van der Waals surface area contributed by atoms with Gasteiger partial charge in [0.05, 0.1) is 0 Å². The van der Waals surface area contributed by atoms with Gasteiger partial charge in [0.2, 0.25) is 11.8 Å². The summed E-state index contributed by atoms with van der Waals surface area (Å²) in [6.07, 6.45) is 10.1. The second kappa shape index (κ2) is 13.1. The number of para-hydroxylation sites is 4. The van der Waals surface area contributed by atoms with Crippen LogP contribution >= 0.6 is 0 Å². The molecule has 10 rings (SSSR count). The van der Waals surface area contributed by atoms with Crippen molar-refractivity contribution in [2.45, 2.75) is 0 Å². The van der Waals surface area contributed by atoms with Crippen LogP contribution in [0.25, 0.3) is 102 Å². The van der Waals surface area contributed by atoms with Crippen LogP contribution in [-0.4, -0.2) is 44.9 Å². The molecule has 11 heteroatoms. The molecule has 5 heterocycles. The second-order valence-electron chi connectivity index (χ2n) is 12.5. The molecule has 0 unspecified atom stereocenters. The van der Waals surface area contributed by atoms with E-state index in [-0.39, 0.29) is 0 Å². The van der Waals surface area contributed by atoms with Crippen molar-refractivity contribution in [2.24, 2.45) is 0 Å². The van der Waals surface area contributed by atoms with Crippen LogP contribution in [0.2, 0.25) is 0 Å². The Balaban J connectivity index is 1.10. The van der Waals surface area contributed by atoms with Crippen LogP contribution < -0.4 is 0 Å². The number of rotatable bonds is 7. The third kappa shape index (κ3) is 5.91. The molecule has 54 heavy (non-hydrogen) atoms. The predicted molar refractivity (Wildman–Crippen MR) is 204 cm³/mol. The average Bonchev–Trinajstić information content (AvgIpc) is 3.89. The van der Waals surface area contributed by atoms with Crippen LogP contribution in [0.3, 0.4) is 0 Å². The van der Waals surface area contributed by atoms with E-state index in [4.69, 9.17) is 23.8 Å². The van der Waals surface area contributed by atoms with Crippen LogP contribution in [0.4, 0.5) is 0 Å². The van der Waals surface area contributed by atoms with Gasteiger partial charge in [0.15, 0.2) is 28.6 Å². The van der Waals surface area contributed by atoms with Crippen molar-refractivity contribution < 1.29 is 8.83 Å². The summed E-state index contributed by atoms with van der Waals surface area (Å²) < 4.78 is 12.1. The average molecular weight is 700 g/mol. The zero-order valence-corrected chi connectivity index (χ0v) is 28.3. The summed E-state index contributed by atoms with van der Waals surface area (Å²) in [6.45, 7) is 0. The molecule has 0 saturated heterocycles. The Labute approximate surface area is 307 Å². The van der Waals surface area contributed by atoms with E-state index >= 15 is 0 Å². The Morgan fingerprint density at radius 1 is 0.315 bits per heavy atom. The highest BCUT2D eigenvalue weighted by atomic mass is 16.4. The van der Waals surface area contributed by atoms with E-state index in [9.17, 15) is 0 Å². The molecular weight excluding hydrogens is 675 g/mol. The first-order chi connectivity index (χ1) is 26.7. The lowest BCUT2D eigenvalue weighted by atomic mass is 9.98. The maximum atomic E-state index is 6.03. The summed E-state index contributed by atoms with van der Waals surface area (Å²) in [4.78, 5) is 41.4. The summed E-state index contributed by atoms with van der Waals surface area (Å²) >= 11 is 0. The van der Waals surface area contributed by atoms with Gasteiger partial charge < -0.3 is 8.83 Å². The maximum Gasteiger partial charge on any atom is 0.227 e. The number of fused-ring (bicyclic) bond motifs is 2. The van der Waals surface area contributed by atoms with Gasteiger partial charge in [-0.05, 0) is 77.9 Å². The van der Waals surface area contributed by atoms with E-state index in [0.29, 0.717) is 29.3 Å². The topological polar surface area (TPSA) is 142 Å². The molecule has 0 spiro atoms. The molecule has 11 nitrogen and oxygen atoms in total. The fraction of sp³-hybridized carbons (Fsp3) is 0. The molecule has 0 N–H and O–H groups in total. The molecule has 0 amide bonds. The number of hydrogen-bond donors (Lipinski definition) is 0. The molecule has 0 aliphatic carbocycles. The number of aromatic nitrogens is 9. The minimum Gasteiger partial charge on any atom is -0.436 e. The first kappa shape index (κ1) is 31.0. The lowest BCUT2D eigenvalue weighted by Crippen LogP contribution is -2.01. The van der Waals surface area contributed by atoms with Gasteiger partial charge in [-0.2, -0.15) is 0 Å². The number of nitrogens with zero attached hydrogens (tertiary/aromatic N) is 9. The van der Waals surface area contributed by atoms with Gasteiger partial charge in [-0.25, -0.2) is 44.9 Å². The molecule has 0 saturated carbocycles. The maximum absolute atomic E-state index is 6.03. The molecule has 0 atom stereocenters. The third-order valence-corrected chi connectivity index (χ3v) is 8.98. The van der Waals surface area contributed by atoms with E-state index in [2.05, 4.69) is 36.0 Å². The lowest BCUT2D eigenvalue weighted by molar-refractivity contribution is 0.619. The Bertz CT molecular complexity index is 2670. The van der Waals surface area contributed by atoms with Crippen molar-refractivity contribution in [1.29, 1.82) is 0 Å². The summed E-state index contributed by atoms with van der Waals surface area (Å²) in [5, 5.41) is 0. The normalized spacial score (nSPS) is 11.3. The van der Waals surface area contributed by atoms with Crippen LogP contribution in [0.5, 0.6) is 0 Å². The Kier molecular flexibility index (Phi) is 7.50. The van der Waals surface area contributed by atoms with Gasteiger partial charge in [-0.3, -0.25) is 0 Å². The first-order valence-electron chi connectivity index (χ1n) is 17.1. The van der Waals surface area contributed by atoms with E-state index in [1.807, 2.05) is 109 Å². The summed E-state index contributed by atoms with van der Waals surface area (Å²) in [6, 6.07) is 37.2. The SMILES string of the molecule is c1ccc2oc(-c3ccc(-c4nc(-c5ccc(-c6nc7ccccc7o6)cc5)nc(-c5cc(-c6cncnc6)cc(-c6cncnc6)c5)n4)cc3)nc2c1. The molecule has 5 aromatic carbocycles. The molecule has 5 aromatic heterocycles. The smallest absolute Gasteiger partial charge is 0.227 e. The van der Waals surface area contributed by atoms with E-state index in [1.165, 1.54) is 12.7 Å². The van der Waals surface area contributed by atoms with Gasteiger partial charge in [-0.1, -0.05) is 48.5 Å². The first-order valence-corrected chi connectivity index (χ1v) is 17.1. The minimum atomic E-state index is 0.484. The highest BCUT2D eigenvalue weighted by Gasteiger charge is 2.17. The molecule has 0 bridgehead atoms. The standard InChI is InChI=1S/C43H25N9O2/c1-3-7-37-35(5-1)48-42(53-37)28-13-9-26(10-14-28)39-50-40(27-11-15-29(16-12-27)43-49-36-6-2-4-8-38(36)54-43)52-41(51-39)32-18-30(33-20-44-24-45-21-33)17-31(19-32)34-22-46-25-47-23-34/h1-25H. The fourth-order valence-electron chi connectivity index (χ4n) is 6.26. The van der Waals surface area contributed by atoms with Crippen molar-refractivity contribution in [2.75, 3.05) is 0 Å². The molecular formula is C43H25N9O2. The van der Waals surface area contributed by atoms with E-state index < -0.39 is 0 Å². The number of oxazole rings is 2. The zero-order chi connectivity index (χ0) is 35.8. The van der Waals surface area contributed by atoms with Gasteiger partial charge in [0.25, 0.3) is 0 Å². The van der Waals surface area contributed by atoms with Crippen molar-refractivity contribution in [3.63, 3.8) is 0 Å². The minimum absolute atomic E-state index is 0.484. The Morgan fingerprint density at radius 3 is 1.11 bits per heavy atom. The van der Waals surface area contributed by atoms with Crippen molar-refractivity contribution >= 4 is 22.2 Å². The van der Waals surface area contributed by atoms with Crippen LogP contribution in [-0.2, 0) is 0 Å². The van der Waals surface area contributed by atoms with Crippen LogP contribution in [0, 0.1) is 0 Å². The second-order valence-corrected chi connectivity index (χ2v) is 12.5. The lowest BCUT2D eigenvalue weighted by Gasteiger charge is -2.12. The molecule has 254 valence electrons. The van der Waals surface area contributed by atoms with Gasteiger partial charge in [-0.15, -0.1) is 0 Å². The highest BCUT2D eigenvalue weighted by molar-refractivity contribution is 5.81. The zero-order valence-electron chi connectivity index (χ0n) is 28.3. The number of benzene rings is 5. The molecule has 0 aliphatic rings. The molecule has 0 aliphatic heterocycles. The van der Waals surface area contributed by atoms with Crippen molar-refractivity contribution in [3.05, 3.63) is 153 Å². The van der Waals surface area contributed by atoms with Gasteiger partial charge in [0.1, 0.15) is 23.7 Å². The summed E-state index contributed by atoms with van der Waals surface area (Å²) in [7, 11) is 0. The van der Waals surface area contributed by atoms with E-state index in [0.717, 1.165) is 72.3 Å². The largest absolute Gasteiger partial charge is 0.436 e. The number of hydrogen-bond acceptors (Lipinski definition) is 11. The van der Waals surface area contributed by atoms with Crippen molar-refractivity contribution in [3.8, 4) is 79.3 Å². The monoisotopic (exact) mass is 699 g/mol. The van der Waals surface area contributed by atoms with Crippen LogP contribution in [0.15, 0.2) is 162 Å². The molecule has 0 fully saturated rings.